The summed E-state index contributed by atoms with van der Waals surface area (Å²) in [6, 6.07) is 19.2. The van der Waals surface area contributed by atoms with Crippen molar-refractivity contribution in [3.63, 3.8) is 0 Å². The molecule has 1 saturated heterocycles. The number of carboxylic acids is 1. The normalized spacial score (nSPS) is 14.2. The Hall–Kier alpha value is -6.49. The number of carbonyl (C=O) groups is 7. The molecule has 4 amide bonds. The van der Waals surface area contributed by atoms with Gasteiger partial charge in [0.1, 0.15) is 22.2 Å². The van der Waals surface area contributed by atoms with Gasteiger partial charge in [0, 0.05) is 87.4 Å². The number of imide groups is 1. The molecule has 4 aromatic rings. The molecule has 2 aliphatic rings. The minimum absolute atomic E-state index is 0.00811. The van der Waals surface area contributed by atoms with E-state index in [-0.39, 0.29) is 76.8 Å². The molecular formula is C46H54ClN9O10S2. The van der Waals surface area contributed by atoms with Crippen LogP contribution in [0.5, 0.6) is 5.75 Å². The van der Waals surface area contributed by atoms with Crippen LogP contribution in [0.3, 0.4) is 0 Å². The van der Waals surface area contributed by atoms with E-state index >= 15 is 0 Å². The number of nitrogens with zero attached hydrogens (tertiary/aromatic N) is 3. The number of rotatable bonds is 23. The second-order valence-electron chi connectivity index (χ2n) is 15.3. The van der Waals surface area contributed by atoms with Crippen LogP contribution in [0.1, 0.15) is 68.1 Å². The van der Waals surface area contributed by atoms with Crippen LogP contribution in [0, 0.1) is 0 Å². The summed E-state index contributed by atoms with van der Waals surface area (Å²) < 4.78 is 7.63. The van der Waals surface area contributed by atoms with Gasteiger partial charge in [0.2, 0.25) is 11.8 Å². The second-order valence-corrected chi connectivity index (χ2v) is 17.8. The molecule has 1 atom stereocenters. The van der Waals surface area contributed by atoms with Crippen molar-refractivity contribution >= 4 is 94.1 Å². The average molecular weight is 993 g/mol. The van der Waals surface area contributed by atoms with Gasteiger partial charge in [-0.25, -0.2) is 10.6 Å². The zero-order chi connectivity index (χ0) is 49.3. The predicted molar refractivity (Wildman–Crippen MR) is 262 cm³/mol. The SMILES string of the molecule is CNC(=O)C(CCC=O)N1C(=O)c2cccc(NC/C(N)=C/N(N)CCC(=O)Nc3cccc(CSN4CCC(Nc5cccc(-c6sc(C=O)c(OCC(=O)O)c6Cl)c5)CC4)c3)c2C1=O.CO. The number of hydrogen-bond acceptors (Lipinski definition) is 17. The molecule has 1 aromatic heterocycles. The van der Waals surface area contributed by atoms with Gasteiger partial charge in [0.15, 0.2) is 18.6 Å². The Bertz CT molecular complexity index is 2500. The number of ether oxygens (including phenoxy) is 1. The summed E-state index contributed by atoms with van der Waals surface area (Å²) in [6.45, 7) is 1.33. The van der Waals surface area contributed by atoms with Gasteiger partial charge in [-0.3, -0.25) is 33.2 Å². The molecule has 10 N–H and O–H groups in total. The second kappa shape index (κ2) is 25.6. The van der Waals surface area contributed by atoms with E-state index < -0.39 is 36.3 Å². The van der Waals surface area contributed by atoms with Crippen LogP contribution in [0.4, 0.5) is 17.1 Å². The molecule has 2 aliphatic heterocycles. The Kier molecular flexibility index (Phi) is 19.7. The minimum atomic E-state index is -1.17. The number of piperidine rings is 1. The van der Waals surface area contributed by atoms with Crippen LogP contribution in [-0.4, -0.2) is 126 Å². The first kappa shape index (κ1) is 52.5. The van der Waals surface area contributed by atoms with Crippen molar-refractivity contribution in [2.45, 2.75) is 49.9 Å². The number of benzene rings is 3. The van der Waals surface area contributed by atoms with Crippen molar-refractivity contribution in [1.29, 1.82) is 0 Å². The van der Waals surface area contributed by atoms with Crippen molar-refractivity contribution in [3.05, 3.63) is 105 Å². The van der Waals surface area contributed by atoms with E-state index in [1.807, 2.05) is 48.5 Å². The lowest BCUT2D eigenvalue weighted by atomic mass is 10.1. The number of aliphatic hydroxyl groups is 1. The Morgan fingerprint density at radius 1 is 1.03 bits per heavy atom. The molecular weight excluding hydrogens is 938 g/mol. The molecule has 0 aliphatic carbocycles. The molecule has 6 rings (SSSR count). The standard InChI is InChI=1S/C45H50ClN9O9S2.CH4O/c1-49-43(61)35(12-5-19-56)55-44(62)33-10-4-11-34(39(33)45(55)63)50-22-29(47)23-53(48)16-15-37(58)52-31-8-2-6-27(20-31)26-65-54-17-13-30(14-18-54)51-32-9-3-7-28(21-32)42-40(46)41(36(24-57)66-42)64-25-38(59)60;1-2/h2-4,6-11,19-21,23-24,30,35,50-51H,5,12-18,22,25-26,47-48H2,1H3,(H,49,61)(H,52,58)(H,59,60);2H,1H3/b29-23-;. The zero-order valence-electron chi connectivity index (χ0n) is 37.4. The van der Waals surface area contributed by atoms with Crippen LogP contribution in [0.15, 0.2) is 78.6 Å². The number of nitrogens with one attached hydrogen (secondary N) is 4. The summed E-state index contributed by atoms with van der Waals surface area (Å²) in [5.74, 6) is 3.67. The molecule has 68 heavy (non-hydrogen) atoms. The number of nitrogens with two attached hydrogens (primary N) is 2. The Balaban J connectivity index is 0.00000426. The average Bonchev–Trinajstić information content (AvgIpc) is 3.80. The van der Waals surface area contributed by atoms with Gasteiger partial charge in [-0.05, 0) is 66.8 Å². The van der Waals surface area contributed by atoms with E-state index in [4.69, 9.17) is 38.1 Å². The maximum Gasteiger partial charge on any atom is 0.341 e. The molecule has 0 saturated carbocycles. The van der Waals surface area contributed by atoms with Gasteiger partial charge < -0.3 is 51.8 Å². The van der Waals surface area contributed by atoms with Crippen molar-refractivity contribution in [3.8, 4) is 16.2 Å². The van der Waals surface area contributed by atoms with Crippen molar-refractivity contribution in [2.75, 3.05) is 62.9 Å². The summed E-state index contributed by atoms with van der Waals surface area (Å²) >= 11 is 9.42. The number of carbonyl (C=O) groups excluding carboxylic acids is 6. The van der Waals surface area contributed by atoms with Crippen LogP contribution in [0.2, 0.25) is 5.02 Å². The number of aldehydes is 2. The van der Waals surface area contributed by atoms with Gasteiger partial charge in [0.25, 0.3) is 11.8 Å². The van der Waals surface area contributed by atoms with Crippen molar-refractivity contribution in [2.24, 2.45) is 11.6 Å². The summed E-state index contributed by atoms with van der Waals surface area (Å²) in [4.78, 5) is 87.6. The fourth-order valence-electron chi connectivity index (χ4n) is 7.44. The number of hydrazine groups is 1. The lowest BCUT2D eigenvalue weighted by Crippen LogP contribution is -2.48. The number of fused-ring (bicyclic) bond motifs is 1. The van der Waals surface area contributed by atoms with E-state index in [2.05, 4.69) is 25.6 Å². The third-order valence-corrected chi connectivity index (χ3v) is 13.4. The molecule has 3 aromatic carbocycles. The highest BCUT2D eigenvalue weighted by Crippen LogP contribution is 2.45. The Labute approximate surface area is 406 Å². The van der Waals surface area contributed by atoms with E-state index in [0.717, 1.165) is 66.1 Å². The maximum absolute atomic E-state index is 13.5. The van der Waals surface area contributed by atoms with Gasteiger partial charge in [-0.1, -0.05) is 53.9 Å². The van der Waals surface area contributed by atoms with Crippen LogP contribution in [0.25, 0.3) is 10.4 Å². The zero-order valence-corrected chi connectivity index (χ0v) is 39.8. The minimum Gasteiger partial charge on any atom is -0.479 e. The smallest absolute Gasteiger partial charge is 0.341 e. The Morgan fingerprint density at radius 3 is 2.46 bits per heavy atom. The van der Waals surface area contributed by atoms with E-state index in [1.54, 1.807) is 24.1 Å². The summed E-state index contributed by atoms with van der Waals surface area (Å²) in [5, 5.41) is 29.6. The summed E-state index contributed by atoms with van der Waals surface area (Å²) in [7, 11) is 2.39. The van der Waals surface area contributed by atoms with Crippen LogP contribution < -0.4 is 37.6 Å². The summed E-state index contributed by atoms with van der Waals surface area (Å²) in [6.07, 6.45) is 4.58. The lowest BCUT2D eigenvalue weighted by molar-refractivity contribution is -0.139. The van der Waals surface area contributed by atoms with Crippen LogP contribution in [-0.2, 0) is 24.9 Å². The number of thiophene rings is 1. The highest BCUT2D eigenvalue weighted by molar-refractivity contribution is 7.96. The monoisotopic (exact) mass is 991 g/mol. The molecule has 19 nitrogen and oxygen atoms in total. The molecule has 1 fully saturated rings. The van der Waals surface area contributed by atoms with Crippen molar-refractivity contribution in [1.82, 2.24) is 19.5 Å². The molecule has 3 heterocycles. The van der Waals surface area contributed by atoms with E-state index in [1.165, 1.54) is 24.3 Å². The van der Waals surface area contributed by atoms with Gasteiger partial charge in [-0.2, -0.15) is 0 Å². The predicted octanol–water partition coefficient (Wildman–Crippen LogP) is 4.78. The fourth-order valence-corrected chi connectivity index (χ4v) is 9.81. The number of likely N-dealkylation sites (N-methyl/N-ethyl adjacent to an activating group) is 1. The first-order chi connectivity index (χ1) is 32.8. The molecule has 362 valence electrons. The number of halogens is 1. The third kappa shape index (κ3) is 13.8. The quantitative estimate of drug-likeness (QED) is 0.0163. The summed E-state index contributed by atoms with van der Waals surface area (Å²) in [5.41, 5.74) is 10.5. The number of amides is 4. The number of aliphatic carboxylic acids is 1. The highest BCUT2D eigenvalue weighted by atomic mass is 35.5. The van der Waals surface area contributed by atoms with Gasteiger partial charge in [-0.15, -0.1) is 11.3 Å². The molecule has 1 unspecified atom stereocenters. The topological polar surface area (TPSA) is 279 Å². The Morgan fingerprint density at radius 2 is 1.75 bits per heavy atom. The number of anilines is 3. The lowest BCUT2D eigenvalue weighted by Gasteiger charge is -2.32. The van der Waals surface area contributed by atoms with Gasteiger partial charge >= 0.3 is 5.97 Å². The maximum atomic E-state index is 13.5. The third-order valence-electron chi connectivity index (χ3n) is 10.6. The largest absolute Gasteiger partial charge is 0.479 e. The first-order valence-corrected chi connectivity index (χ1v) is 23.5. The molecule has 0 spiro atoms. The van der Waals surface area contributed by atoms with E-state index in [0.29, 0.717) is 34.6 Å². The first-order valence-electron chi connectivity index (χ1n) is 21.4. The van der Waals surface area contributed by atoms with Gasteiger partial charge in [0.05, 0.1) is 22.5 Å². The fraction of sp³-hybridized carbons (Fsp3) is 0.326. The molecule has 0 bridgehead atoms. The number of carboxylic acid groups (broad SMARTS) is 1. The number of aliphatic hydroxyl groups excluding tert-OH is 1. The van der Waals surface area contributed by atoms with Crippen molar-refractivity contribution < 1.29 is 48.5 Å². The van der Waals surface area contributed by atoms with E-state index in [9.17, 15) is 33.6 Å². The molecule has 22 heteroatoms. The number of hydrogen-bond donors (Lipinski definition) is 8. The highest BCUT2D eigenvalue weighted by Gasteiger charge is 2.43. The molecule has 0 radical (unpaired) electrons. The van der Waals surface area contributed by atoms with Crippen LogP contribution >= 0.6 is 34.9 Å².